The van der Waals surface area contributed by atoms with Gasteiger partial charge in [0.15, 0.2) is 0 Å². The van der Waals surface area contributed by atoms with Gasteiger partial charge in [-0.1, -0.05) is 39.0 Å². The molecule has 0 saturated heterocycles. The van der Waals surface area contributed by atoms with Crippen molar-refractivity contribution in [3.05, 3.63) is 34.7 Å². The molecule has 0 aliphatic carbocycles. The number of hydroxylamine groups is 1. The maximum Gasteiger partial charge on any atom is 0.431 e. The number of nitrogens with zero attached hydrogens (tertiary/aromatic N) is 1. The zero-order valence-electron chi connectivity index (χ0n) is 17.2. The van der Waals surface area contributed by atoms with Gasteiger partial charge in [-0.3, -0.25) is 4.84 Å². The van der Waals surface area contributed by atoms with Crippen LogP contribution in [-0.2, 0) is 9.57 Å². The Balaban J connectivity index is 2.27. The van der Waals surface area contributed by atoms with Crippen molar-refractivity contribution in [1.29, 1.82) is 0 Å². The summed E-state index contributed by atoms with van der Waals surface area (Å²) in [5, 5.41) is 3.78. The molecule has 1 rings (SSSR count). The number of nitrogens with one attached hydrogen (secondary N) is 1. The van der Waals surface area contributed by atoms with E-state index in [0.717, 1.165) is 23.0 Å². The van der Waals surface area contributed by atoms with Crippen LogP contribution in [0.1, 0.15) is 51.5 Å². The predicted molar refractivity (Wildman–Crippen MR) is 114 cm³/mol. The van der Waals surface area contributed by atoms with Gasteiger partial charge >= 0.3 is 6.09 Å². The Morgan fingerprint density at radius 3 is 2.52 bits per heavy atom. The molecule has 1 aromatic carbocycles. The molecule has 154 valence electrons. The summed E-state index contributed by atoms with van der Waals surface area (Å²) >= 11 is 0. The van der Waals surface area contributed by atoms with Crippen LogP contribution in [0.5, 0.6) is 0 Å². The molecule has 7 heteroatoms. The minimum absolute atomic E-state index is 0.130. The molecule has 0 aliphatic rings. The second kappa shape index (κ2) is 12.0. The number of hydrogen-bond donors (Lipinski definition) is 1. The van der Waals surface area contributed by atoms with Crippen molar-refractivity contribution in [2.45, 2.75) is 51.2 Å². The summed E-state index contributed by atoms with van der Waals surface area (Å²) in [6.45, 7) is 7.00. The van der Waals surface area contributed by atoms with E-state index in [1.165, 1.54) is 12.8 Å². The number of nitroso groups, excluding NO2 is 1. The first-order valence-electron chi connectivity index (χ1n) is 9.52. The summed E-state index contributed by atoms with van der Waals surface area (Å²) in [6, 6.07) is 7.03. The van der Waals surface area contributed by atoms with Crippen LogP contribution in [0, 0.1) is 4.91 Å². The van der Waals surface area contributed by atoms with Crippen LogP contribution in [0.3, 0.4) is 0 Å². The average molecular weight is 399 g/mol. The first-order valence-corrected chi connectivity index (χ1v) is 12.2. The van der Waals surface area contributed by atoms with Gasteiger partial charge in [-0.25, -0.2) is 14.8 Å². The van der Waals surface area contributed by atoms with E-state index >= 15 is 0 Å². The fourth-order valence-electron chi connectivity index (χ4n) is 3.28. The molecule has 6 nitrogen and oxygen atoms in total. The smallest absolute Gasteiger partial charge is 0.431 e. The number of carbonyl (C=O) groups is 1. The zero-order chi connectivity index (χ0) is 20.3. The number of amides is 1. The van der Waals surface area contributed by atoms with Gasteiger partial charge in [0.2, 0.25) is 0 Å². The minimum Gasteiger partial charge on any atom is -0.447 e. The molecule has 0 spiro atoms. The molecule has 0 fully saturated rings. The van der Waals surface area contributed by atoms with E-state index in [1.807, 2.05) is 19.1 Å². The van der Waals surface area contributed by atoms with Crippen LogP contribution >= 0.6 is 10.0 Å². The molecule has 1 N–H and O–H groups in total. The molecule has 1 unspecified atom stereocenters. The Labute approximate surface area is 164 Å². The monoisotopic (exact) mass is 398 g/mol. The van der Waals surface area contributed by atoms with Crippen LogP contribution < -0.4 is 5.48 Å². The Morgan fingerprint density at radius 1 is 1.22 bits per heavy atom. The van der Waals surface area contributed by atoms with Gasteiger partial charge in [0.05, 0.1) is 13.2 Å². The van der Waals surface area contributed by atoms with Gasteiger partial charge in [0, 0.05) is 5.92 Å². The SMILES string of the molecule is CCC(CC)S(C)(C)CCCONC(=O)OCC(C)c1ccccc1N=O. The Morgan fingerprint density at radius 2 is 1.89 bits per heavy atom. The second-order valence-corrected chi connectivity index (χ2v) is 11.5. The molecule has 0 radical (unpaired) electrons. The first kappa shape index (κ1) is 23.4. The van der Waals surface area contributed by atoms with Crippen molar-refractivity contribution >= 4 is 21.8 Å². The van der Waals surface area contributed by atoms with Crippen LogP contribution in [0.2, 0.25) is 0 Å². The molecular weight excluding hydrogens is 364 g/mol. The summed E-state index contributed by atoms with van der Waals surface area (Å²) in [4.78, 5) is 27.8. The third-order valence-corrected chi connectivity index (χ3v) is 8.73. The standard InChI is InChI=1S/C20H34N2O4S/c1-6-17(7-2)27(4,5)14-10-13-26-22-20(23)25-15-16(3)18-11-8-9-12-19(18)21-24/h8-9,11-12,16-17H,6-7,10,13-15H2,1-5H3,(H,22,23). The molecule has 0 aromatic heterocycles. The van der Waals surface area contributed by atoms with E-state index in [4.69, 9.17) is 9.57 Å². The highest BCUT2D eigenvalue weighted by Gasteiger charge is 2.21. The normalized spacial score (nSPS) is 13.3. The molecular formula is C20H34N2O4S. The van der Waals surface area contributed by atoms with E-state index in [9.17, 15) is 9.70 Å². The lowest BCUT2D eigenvalue weighted by molar-refractivity contribution is 0.0271. The Kier molecular flexibility index (Phi) is 10.4. The number of carbonyl (C=O) groups excluding carboxylic acids is 1. The van der Waals surface area contributed by atoms with Gasteiger partial charge in [-0.2, -0.15) is 5.48 Å². The van der Waals surface area contributed by atoms with Crippen molar-refractivity contribution in [2.75, 3.05) is 31.5 Å². The molecule has 0 saturated carbocycles. The highest BCUT2D eigenvalue weighted by atomic mass is 32.3. The van der Waals surface area contributed by atoms with Crippen LogP contribution in [0.15, 0.2) is 29.4 Å². The summed E-state index contributed by atoms with van der Waals surface area (Å²) in [5.74, 6) is 0.997. The third-order valence-electron chi connectivity index (χ3n) is 4.92. The topological polar surface area (TPSA) is 77.0 Å². The summed E-state index contributed by atoms with van der Waals surface area (Å²) in [5.41, 5.74) is 3.45. The largest absolute Gasteiger partial charge is 0.447 e. The van der Waals surface area contributed by atoms with Crippen molar-refractivity contribution in [3.63, 3.8) is 0 Å². The lowest BCUT2D eigenvalue weighted by atomic mass is 10.0. The summed E-state index contributed by atoms with van der Waals surface area (Å²) < 4.78 is 5.16. The van der Waals surface area contributed by atoms with Crippen LogP contribution in [-0.4, -0.2) is 42.8 Å². The van der Waals surface area contributed by atoms with E-state index < -0.39 is 16.1 Å². The van der Waals surface area contributed by atoms with Gasteiger partial charge < -0.3 is 4.74 Å². The lowest BCUT2D eigenvalue weighted by Gasteiger charge is -2.39. The molecule has 0 aliphatic heterocycles. The maximum atomic E-state index is 11.8. The van der Waals surface area contributed by atoms with Crippen molar-refractivity contribution in [1.82, 2.24) is 5.48 Å². The highest BCUT2D eigenvalue weighted by molar-refractivity contribution is 8.33. The first-order chi connectivity index (χ1) is 12.9. The Bertz CT molecular complexity index is 591. The maximum absolute atomic E-state index is 11.8. The minimum atomic E-state index is -0.640. The van der Waals surface area contributed by atoms with Gasteiger partial charge in [-0.05, 0) is 59.6 Å². The fourth-order valence-corrected chi connectivity index (χ4v) is 6.28. The highest BCUT2D eigenvalue weighted by Crippen LogP contribution is 2.48. The summed E-state index contributed by atoms with van der Waals surface area (Å²) in [7, 11) is -0.640. The molecule has 0 heterocycles. The van der Waals surface area contributed by atoms with E-state index in [-0.39, 0.29) is 12.5 Å². The average Bonchev–Trinajstić information content (AvgIpc) is 2.66. The van der Waals surface area contributed by atoms with Gasteiger partial charge in [0.25, 0.3) is 0 Å². The second-order valence-electron chi connectivity index (χ2n) is 7.22. The van der Waals surface area contributed by atoms with Gasteiger partial charge in [0.1, 0.15) is 5.69 Å². The molecule has 1 aromatic rings. The van der Waals surface area contributed by atoms with Crippen molar-refractivity contribution in [2.24, 2.45) is 5.18 Å². The van der Waals surface area contributed by atoms with E-state index in [2.05, 4.69) is 37.0 Å². The fraction of sp³-hybridized carbons (Fsp3) is 0.650. The molecule has 1 amide bonds. The molecule has 1 atom stereocenters. The number of benzene rings is 1. The van der Waals surface area contributed by atoms with Crippen LogP contribution in [0.4, 0.5) is 10.5 Å². The summed E-state index contributed by atoms with van der Waals surface area (Å²) in [6.07, 6.45) is 7.47. The molecule has 0 bridgehead atoms. The van der Waals surface area contributed by atoms with Crippen LogP contribution in [0.25, 0.3) is 0 Å². The Hall–Kier alpha value is -1.60. The van der Waals surface area contributed by atoms with Gasteiger partial charge in [-0.15, -0.1) is 4.91 Å². The van der Waals surface area contributed by atoms with E-state index in [0.29, 0.717) is 12.3 Å². The van der Waals surface area contributed by atoms with Crippen molar-refractivity contribution < 1.29 is 14.4 Å². The third kappa shape index (κ3) is 7.89. The van der Waals surface area contributed by atoms with Crippen molar-refractivity contribution in [3.8, 4) is 0 Å². The molecule has 27 heavy (non-hydrogen) atoms. The number of ether oxygens (including phenoxy) is 1. The number of hydrogen-bond acceptors (Lipinski definition) is 5. The predicted octanol–water partition coefficient (Wildman–Crippen LogP) is 5.49. The lowest BCUT2D eigenvalue weighted by Crippen LogP contribution is -2.27. The van der Waals surface area contributed by atoms with E-state index in [1.54, 1.807) is 12.1 Å². The quantitative estimate of drug-likeness (QED) is 0.287. The number of rotatable bonds is 12. The zero-order valence-corrected chi connectivity index (χ0v) is 18.0.